The highest BCUT2D eigenvalue weighted by Gasteiger charge is 2.42. The molecule has 42 heteroatoms. The molecule has 0 aliphatic heterocycles. The molecule has 0 rings (SSSR count). The molecule has 0 fully saturated rings. The Kier molecular flexibility index (Phi) is 53.5. The number of nitrogens with one attached hydrogen (secondary N) is 12. The molecule has 0 aromatic rings. The molecule has 0 radical (unpaired) electrons. The second-order valence-corrected chi connectivity index (χ2v) is 49.5. The van der Waals surface area contributed by atoms with Gasteiger partial charge >= 0.3 is 0 Å². The molecule has 34 nitrogen and oxygen atoms in total. The number of hydrogen-bond acceptors (Lipinski definition) is 22. The van der Waals surface area contributed by atoms with Crippen molar-refractivity contribution in [2.24, 2.45) is 27.6 Å². The smallest absolute Gasteiger partial charge is 0.236 e. The van der Waals surface area contributed by atoms with Crippen LogP contribution in [0.4, 0.5) is 0 Å². The fourth-order valence-corrected chi connectivity index (χ4v) is 10.6. The average Bonchev–Trinajstić information content (AvgIpc) is 0.656. The van der Waals surface area contributed by atoms with Crippen LogP contribution in [0.2, 0.25) is 0 Å². The predicted molar refractivity (Wildman–Crippen MR) is 478 cm³/mol. The van der Waals surface area contributed by atoms with Crippen LogP contribution in [0, 0.1) is 27.6 Å². The van der Waals surface area contributed by atoms with E-state index in [-0.39, 0.29) is 209 Å². The number of amides is 12. The molecule has 0 saturated heterocycles. The molecule has 0 aliphatic rings. The second kappa shape index (κ2) is 54.9. The maximum Gasteiger partial charge on any atom is 0.236 e. The van der Waals surface area contributed by atoms with Crippen LogP contribution in [0.25, 0.3) is 0 Å². The Morgan fingerprint density at radius 3 is 0.619 bits per heavy atom. The van der Waals surface area contributed by atoms with Crippen molar-refractivity contribution in [3.8, 4) is 0 Å². The Balaban J connectivity index is 7.88. The van der Waals surface area contributed by atoms with Crippen molar-refractivity contribution in [3.63, 3.8) is 0 Å². The van der Waals surface area contributed by atoms with Crippen molar-refractivity contribution in [3.05, 3.63) is 0 Å². The SMILES string of the molecule is CC(C)C(=O)NCC(CNC(=O)C(C)(C)Br)(CNC(=O)C(C)(C)Br)COCCC(=O)NCC(CNC(=O)CCOCC(CNC(=O)C(C)(C)Br)(CNC(=O)C(C)(C)Br)CNC(=O)C(C)(C)Br)(CNC(=O)CCOCC(CNC(=O)C(C)(C)Br)(CNC(=O)C(C)(C)Br)CNC(=O)C(C)(C)Br)COCCOCCOCCOCCOCC(O)CO. The summed E-state index contributed by atoms with van der Waals surface area (Å²) in [7, 11) is 0. The minimum absolute atomic E-state index is 0.0319. The van der Waals surface area contributed by atoms with Crippen molar-refractivity contribution in [2.75, 3.05) is 191 Å². The monoisotopic (exact) mass is 2200 g/mol. The third-order valence-corrected chi connectivity index (χ3v) is 20.4. The number of rotatable bonds is 65. The Labute approximate surface area is 764 Å². The van der Waals surface area contributed by atoms with Gasteiger partial charge in [-0.3, -0.25) is 57.5 Å². The fraction of sp³-hybridized carbons (Fsp3) is 0.842. The van der Waals surface area contributed by atoms with E-state index in [0.29, 0.717) is 0 Å². The number of aliphatic hydroxyl groups excluding tert-OH is 2. The minimum atomic E-state index is -1.40. The number of halogens is 8. The topological polar surface area (TPSA) is 464 Å². The van der Waals surface area contributed by atoms with Crippen LogP contribution in [0.3, 0.4) is 0 Å². The zero-order valence-electron chi connectivity index (χ0n) is 71.9. The van der Waals surface area contributed by atoms with Crippen molar-refractivity contribution >= 4 is 198 Å². The van der Waals surface area contributed by atoms with Crippen LogP contribution in [0.5, 0.6) is 0 Å². The first kappa shape index (κ1) is 115. The average molecular weight is 2210 g/mol. The summed E-state index contributed by atoms with van der Waals surface area (Å²) in [6.07, 6.45) is -1.85. The molecule has 118 heavy (non-hydrogen) atoms. The highest BCUT2D eigenvalue weighted by molar-refractivity contribution is 9.11. The van der Waals surface area contributed by atoms with Gasteiger partial charge < -0.3 is 112 Å². The molecule has 686 valence electrons. The van der Waals surface area contributed by atoms with Crippen molar-refractivity contribution < 1.29 is 106 Å². The van der Waals surface area contributed by atoms with Gasteiger partial charge in [0.05, 0.1) is 147 Å². The largest absolute Gasteiger partial charge is 0.394 e. The summed E-state index contributed by atoms with van der Waals surface area (Å²) in [6, 6.07) is 0. The predicted octanol–water partition coefficient (Wildman–Crippen LogP) is 4.03. The van der Waals surface area contributed by atoms with Gasteiger partial charge in [0.25, 0.3) is 0 Å². The van der Waals surface area contributed by atoms with Gasteiger partial charge in [0.15, 0.2) is 0 Å². The summed E-state index contributed by atoms with van der Waals surface area (Å²) < 4.78 is 39.1. The van der Waals surface area contributed by atoms with Crippen LogP contribution in [-0.4, -0.2) is 313 Å². The number of hydrogen-bond donors (Lipinski definition) is 14. The molecule has 1 unspecified atom stereocenters. The minimum Gasteiger partial charge on any atom is -0.394 e. The van der Waals surface area contributed by atoms with E-state index in [4.69, 9.17) is 43.0 Å². The summed E-state index contributed by atoms with van der Waals surface area (Å²) in [4.78, 5) is 163. The molecular formula is C76H134Br8N12O22. The Morgan fingerprint density at radius 2 is 0.432 bits per heavy atom. The van der Waals surface area contributed by atoms with Crippen LogP contribution in [0.15, 0.2) is 0 Å². The number of aliphatic hydroxyl groups is 2. The van der Waals surface area contributed by atoms with E-state index in [1.807, 2.05) is 0 Å². The van der Waals surface area contributed by atoms with E-state index in [1.54, 1.807) is 125 Å². The first-order chi connectivity index (χ1) is 54.1. The van der Waals surface area contributed by atoms with Crippen LogP contribution < -0.4 is 63.8 Å². The first-order valence-corrected chi connectivity index (χ1v) is 45.2. The van der Waals surface area contributed by atoms with E-state index in [2.05, 4.69) is 191 Å². The van der Waals surface area contributed by atoms with Gasteiger partial charge in [-0.2, -0.15) is 0 Å². The number of ether oxygens (including phenoxy) is 8. The molecule has 0 aromatic heterocycles. The standard InChI is InChI=1S/C76H134Br8N12O22/c1-51(2)56(102)88-38-74(39-89-57(103)65(3,4)77,40-90-58(104)66(5,6)78)47-115-22-19-53(99)85-35-73(50-118-32-30-113-28-26-111-25-27-112-29-31-114-34-52(98)33-97,36-86-54(100)20-23-116-48-75(41-91-59(105)67(7,8)79,42-92-60(106)68(9,10)80)43-93-61(107)69(11,12)81)37-87-55(101)21-24-117-49-76(44-94-62(108)70(13,14)82,45-95-63(109)71(15,16)83)46-96-64(110)72(17,18)84/h51-52,97-98H,19-50H2,1-18H3,(H,85,99)(H,86,100)(H,87,101)(H,88,102)(H,89,103)(H,90,104)(H,91,105)(H,92,106)(H,93,107)(H,94,108)(H,95,109)(H,96,110). The summed E-state index contributed by atoms with van der Waals surface area (Å²) in [5, 5.41) is 53.4. The lowest BCUT2D eigenvalue weighted by molar-refractivity contribution is -0.127. The fourth-order valence-electron chi connectivity index (χ4n) is 9.49. The van der Waals surface area contributed by atoms with Gasteiger partial charge in [-0.1, -0.05) is 141 Å². The Morgan fingerprint density at radius 1 is 0.263 bits per heavy atom. The maximum absolute atomic E-state index is 14.4. The third kappa shape index (κ3) is 51.5. The van der Waals surface area contributed by atoms with Gasteiger partial charge in [0.1, 0.15) is 6.10 Å². The van der Waals surface area contributed by atoms with Crippen LogP contribution in [0.1, 0.15) is 144 Å². The van der Waals surface area contributed by atoms with E-state index in [1.165, 1.54) is 0 Å². The summed E-state index contributed by atoms with van der Waals surface area (Å²) in [6.45, 7) is 27.2. The number of carbonyl (C=O) groups is 12. The summed E-state index contributed by atoms with van der Waals surface area (Å²) >= 11 is 27.2. The number of carbonyl (C=O) groups excluding carboxylic acids is 12. The maximum atomic E-state index is 14.4. The normalized spacial score (nSPS) is 13.2. The number of alkyl halides is 8. The van der Waals surface area contributed by atoms with Gasteiger partial charge in [0.2, 0.25) is 70.9 Å². The van der Waals surface area contributed by atoms with E-state index in [0.717, 1.165) is 0 Å². The zero-order valence-corrected chi connectivity index (χ0v) is 84.6. The molecule has 1 atom stereocenters. The van der Waals surface area contributed by atoms with Crippen molar-refractivity contribution in [1.29, 1.82) is 0 Å². The molecule has 0 heterocycles. The van der Waals surface area contributed by atoms with Crippen molar-refractivity contribution in [2.45, 2.75) is 185 Å². The lowest BCUT2D eigenvalue weighted by Gasteiger charge is -2.36. The third-order valence-electron chi connectivity index (χ3n) is 17.5. The van der Waals surface area contributed by atoms with Crippen LogP contribution in [-0.2, 0) is 95.4 Å². The molecule has 0 bridgehead atoms. The summed E-state index contributed by atoms with van der Waals surface area (Å²) in [5.41, 5.74) is -5.00. The second-order valence-electron chi connectivity index (χ2n) is 33.7. The zero-order chi connectivity index (χ0) is 90.9. The molecule has 0 aromatic carbocycles. The highest BCUT2D eigenvalue weighted by atomic mass is 79.9. The van der Waals surface area contributed by atoms with Gasteiger partial charge in [-0.15, -0.1) is 0 Å². The molecular weight excluding hydrogens is 2070 g/mol. The molecule has 0 saturated carbocycles. The van der Waals surface area contributed by atoms with Crippen LogP contribution >= 0.6 is 127 Å². The molecule has 0 aliphatic carbocycles. The lowest BCUT2D eigenvalue weighted by Crippen LogP contribution is -2.57. The Bertz CT molecular complexity index is 2830. The Hall–Kier alpha value is -2.92. The van der Waals surface area contributed by atoms with Gasteiger partial charge in [-0.05, 0) is 111 Å². The lowest BCUT2D eigenvalue weighted by atomic mass is 9.87. The molecule has 12 amide bonds. The highest BCUT2D eigenvalue weighted by Crippen LogP contribution is 2.28. The quantitative estimate of drug-likeness (QED) is 0.0302. The molecule has 0 spiro atoms. The van der Waals surface area contributed by atoms with Gasteiger partial charge in [-0.25, -0.2) is 0 Å². The first-order valence-electron chi connectivity index (χ1n) is 38.9. The van der Waals surface area contributed by atoms with Crippen molar-refractivity contribution in [1.82, 2.24) is 63.8 Å². The van der Waals surface area contributed by atoms with Gasteiger partial charge in [0, 0.05) is 125 Å². The summed E-state index contributed by atoms with van der Waals surface area (Å²) in [5.74, 6) is -5.67. The van der Waals surface area contributed by atoms with E-state index < -0.39 is 140 Å². The molecule has 14 N–H and O–H groups in total. The van der Waals surface area contributed by atoms with E-state index >= 15 is 0 Å². The van der Waals surface area contributed by atoms with E-state index in [9.17, 15) is 62.6 Å².